The number of halogens is 3. The number of anilines is 2. The number of imide groups is 1. The maximum absolute atomic E-state index is 12.6. The van der Waals surface area contributed by atoms with E-state index in [1.165, 1.54) is 26.1 Å². The van der Waals surface area contributed by atoms with Crippen LogP contribution in [0.2, 0.25) is 0 Å². The van der Waals surface area contributed by atoms with Crippen molar-refractivity contribution in [1.82, 2.24) is 4.90 Å². The van der Waals surface area contributed by atoms with Gasteiger partial charge in [0.05, 0.1) is 5.57 Å². The lowest BCUT2D eigenvalue weighted by Gasteiger charge is -2.11. The lowest BCUT2D eigenvalue weighted by molar-refractivity contribution is -0.274. The molecule has 0 bridgehead atoms. The van der Waals surface area contributed by atoms with E-state index < -0.39 is 23.9 Å². The van der Waals surface area contributed by atoms with Crippen molar-refractivity contribution in [3.8, 4) is 5.75 Å². The van der Waals surface area contributed by atoms with Gasteiger partial charge in [-0.1, -0.05) is 12.1 Å². The van der Waals surface area contributed by atoms with Crippen LogP contribution in [0.4, 0.5) is 24.5 Å². The highest BCUT2D eigenvalue weighted by molar-refractivity contribution is 6.36. The number of benzene rings is 2. The molecule has 1 aliphatic heterocycles. The molecule has 2 aromatic carbocycles. The Hall–Kier alpha value is -3.82. The number of alkyl halides is 3. The Morgan fingerprint density at radius 1 is 0.933 bits per heavy atom. The maximum atomic E-state index is 12.6. The smallest absolute Gasteiger partial charge is 0.406 e. The zero-order valence-electron chi connectivity index (χ0n) is 15.8. The first-order chi connectivity index (χ1) is 14.0. The molecular weight excluding hydrogens is 403 g/mol. The van der Waals surface area contributed by atoms with E-state index in [0.717, 1.165) is 17.0 Å². The molecule has 2 N–H and O–H groups in total. The molecule has 0 saturated heterocycles. The molecule has 1 heterocycles. The Bertz CT molecular complexity index is 1030. The molecule has 0 radical (unpaired) electrons. The monoisotopic (exact) mass is 419 g/mol. The summed E-state index contributed by atoms with van der Waals surface area (Å²) in [6.07, 6.45) is -4.81. The van der Waals surface area contributed by atoms with Crippen LogP contribution >= 0.6 is 0 Å². The van der Waals surface area contributed by atoms with Gasteiger partial charge in [0.15, 0.2) is 0 Å². The van der Waals surface area contributed by atoms with Crippen LogP contribution in [0.3, 0.4) is 0 Å². The molecule has 0 atom stereocenters. The lowest BCUT2D eigenvalue weighted by atomic mass is 10.0. The van der Waals surface area contributed by atoms with E-state index in [-0.39, 0.29) is 17.2 Å². The summed E-state index contributed by atoms with van der Waals surface area (Å²) in [4.78, 5) is 37.2. The predicted molar refractivity (Wildman–Crippen MR) is 102 cm³/mol. The molecule has 3 rings (SSSR count). The van der Waals surface area contributed by atoms with Gasteiger partial charge in [-0.25, -0.2) is 0 Å². The molecule has 0 saturated carbocycles. The van der Waals surface area contributed by atoms with E-state index in [1.54, 1.807) is 24.3 Å². The second kappa shape index (κ2) is 7.90. The third kappa shape index (κ3) is 4.59. The molecule has 0 aromatic heterocycles. The molecule has 3 amide bonds. The van der Waals surface area contributed by atoms with Gasteiger partial charge < -0.3 is 15.4 Å². The molecule has 7 nitrogen and oxygen atoms in total. The summed E-state index contributed by atoms with van der Waals surface area (Å²) >= 11 is 0. The Morgan fingerprint density at radius 2 is 1.50 bits per heavy atom. The molecule has 2 aromatic rings. The van der Waals surface area contributed by atoms with Crippen molar-refractivity contribution < 1.29 is 32.3 Å². The second-order valence-corrected chi connectivity index (χ2v) is 6.38. The van der Waals surface area contributed by atoms with E-state index >= 15 is 0 Å². The number of hydrogen-bond donors (Lipinski definition) is 2. The normalized spacial score (nSPS) is 14.2. The average molecular weight is 419 g/mol. The summed E-state index contributed by atoms with van der Waals surface area (Å²) in [7, 11) is 1.32. The summed E-state index contributed by atoms with van der Waals surface area (Å²) in [5, 5.41) is 5.40. The van der Waals surface area contributed by atoms with E-state index in [4.69, 9.17) is 0 Å². The number of ether oxygens (including phenoxy) is 1. The Morgan fingerprint density at radius 3 is 2.03 bits per heavy atom. The van der Waals surface area contributed by atoms with Gasteiger partial charge in [-0.15, -0.1) is 13.2 Å². The number of rotatable bonds is 5. The molecule has 0 fully saturated rings. The minimum absolute atomic E-state index is 0.0146. The lowest BCUT2D eigenvalue weighted by Crippen LogP contribution is -2.27. The zero-order valence-corrected chi connectivity index (χ0v) is 15.8. The van der Waals surface area contributed by atoms with E-state index in [1.807, 2.05) is 0 Å². The van der Waals surface area contributed by atoms with E-state index in [9.17, 15) is 27.6 Å². The van der Waals surface area contributed by atoms with Crippen LogP contribution in [-0.4, -0.2) is 36.0 Å². The molecular formula is C20H16F3N3O4. The first-order valence-electron chi connectivity index (χ1n) is 8.62. The summed E-state index contributed by atoms with van der Waals surface area (Å²) in [6.45, 7) is 1.36. The summed E-state index contributed by atoms with van der Waals surface area (Å²) in [5.41, 5.74) is 1.34. The van der Waals surface area contributed by atoms with Gasteiger partial charge in [0, 0.05) is 25.3 Å². The summed E-state index contributed by atoms with van der Waals surface area (Å²) < 4.78 is 40.7. The van der Waals surface area contributed by atoms with Crippen LogP contribution < -0.4 is 15.4 Å². The van der Waals surface area contributed by atoms with Gasteiger partial charge in [-0.3, -0.25) is 19.3 Å². The van der Waals surface area contributed by atoms with Crippen molar-refractivity contribution in [3.05, 3.63) is 59.8 Å². The first-order valence-corrected chi connectivity index (χ1v) is 8.62. The van der Waals surface area contributed by atoms with Crippen LogP contribution in [-0.2, 0) is 14.4 Å². The van der Waals surface area contributed by atoms with Crippen molar-refractivity contribution in [3.63, 3.8) is 0 Å². The Balaban J connectivity index is 1.91. The Labute approximate surface area is 169 Å². The van der Waals surface area contributed by atoms with Gasteiger partial charge in [0.25, 0.3) is 11.8 Å². The van der Waals surface area contributed by atoms with Crippen molar-refractivity contribution in [2.24, 2.45) is 0 Å². The predicted octanol–water partition coefficient (Wildman–Crippen LogP) is 3.37. The number of likely N-dealkylation sites (N-methyl/N-ethyl adjacent to an activating group) is 1. The van der Waals surface area contributed by atoms with Crippen molar-refractivity contribution in [2.75, 3.05) is 17.7 Å². The maximum Gasteiger partial charge on any atom is 0.573 e. The second-order valence-electron chi connectivity index (χ2n) is 6.38. The van der Waals surface area contributed by atoms with Gasteiger partial charge in [-0.2, -0.15) is 0 Å². The highest BCUT2D eigenvalue weighted by atomic mass is 19.4. The third-order valence-electron chi connectivity index (χ3n) is 4.14. The van der Waals surface area contributed by atoms with Crippen LogP contribution in [0.5, 0.6) is 5.75 Å². The number of carbonyl (C=O) groups is 3. The van der Waals surface area contributed by atoms with Crippen molar-refractivity contribution >= 4 is 34.7 Å². The van der Waals surface area contributed by atoms with Gasteiger partial charge in [0.1, 0.15) is 11.4 Å². The minimum Gasteiger partial charge on any atom is -0.406 e. The summed E-state index contributed by atoms with van der Waals surface area (Å²) in [6, 6.07) is 11.1. The van der Waals surface area contributed by atoms with Crippen LogP contribution in [0, 0.1) is 0 Å². The van der Waals surface area contributed by atoms with Gasteiger partial charge >= 0.3 is 6.36 Å². The van der Waals surface area contributed by atoms with Gasteiger partial charge in [0.2, 0.25) is 5.91 Å². The first kappa shape index (κ1) is 20.9. The van der Waals surface area contributed by atoms with E-state index in [2.05, 4.69) is 15.4 Å². The van der Waals surface area contributed by atoms with Gasteiger partial charge in [-0.05, 0) is 42.0 Å². The largest absolute Gasteiger partial charge is 0.573 e. The molecule has 0 aliphatic carbocycles. The third-order valence-corrected chi connectivity index (χ3v) is 4.14. The van der Waals surface area contributed by atoms with Crippen LogP contribution in [0.1, 0.15) is 12.5 Å². The number of nitrogens with zero attached hydrogens (tertiary/aromatic N) is 1. The average Bonchev–Trinajstić information content (AvgIpc) is 2.86. The summed E-state index contributed by atoms with van der Waals surface area (Å²) in [5.74, 6) is -1.79. The van der Waals surface area contributed by atoms with Crippen LogP contribution in [0.25, 0.3) is 5.57 Å². The molecule has 30 heavy (non-hydrogen) atoms. The zero-order chi connectivity index (χ0) is 22.1. The molecule has 1 aliphatic rings. The topological polar surface area (TPSA) is 87.7 Å². The fourth-order valence-electron chi connectivity index (χ4n) is 2.83. The van der Waals surface area contributed by atoms with Crippen molar-refractivity contribution in [1.29, 1.82) is 0 Å². The van der Waals surface area contributed by atoms with Crippen LogP contribution in [0.15, 0.2) is 54.2 Å². The number of amides is 3. The Kier molecular flexibility index (Phi) is 5.50. The number of nitrogens with one attached hydrogen (secondary N) is 2. The fourth-order valence-corrected chi connectivity index (χ4v) is 2.83. The number of hydrogen-bond acceptors (Lipinski definition) is 5. The molecule has 10 heteroatoms. The minimum atomic E-state index is -4.81. The number of carbonyl (C=O) groups excluding carboxylic acids is 3. The fraction of sp³-hybridized carbons (Fsp3) is 0.150. The highest BCUT2D eigenvalue weighted by Gasteiger charge is 2.37. The quantitative estimate of drug-likeness (QED) is 0.726. The SMILES string of the molecule is CC(=O)Nc1ccc(C2=C(Nc3ccc(OC(F)(F)F)cc3)C(=O)N(C)C2=O)cc1. The van der Waals surface area contributed by atoms with E-state index in [0.29, 0.717) is 16.9 Å². The molecule has 0 spiro atoms. The standard InChI is InChI=1S/C20H16F3N3O4/c1-11(27)24-13-5-3-12(4-6-13)16-17(19(29)26(2)18(16)28)25-14-7-9-15(10-8-14)30-20(21,22)23/h3-10,25H,1-2H3,(H,24,27). The molecule has 156 valence electrons. The highest BCUT2D eigenvalue weighted by Crippen LogP contribution is 2.31. The molecule has 0 unspecified atom stereocenters. The van der Waals surface area contributed by atoms with Crippen molar-refractivity contribution in [2.45, 2.75) is 13.3 Å².